The average Bonchev–Trinajstić information content (AvgIpc) is 3.80. The molecular formula is C42H49FN5O8PS. The maximum absolute atomic E-state index is 16.5. The Morgan fingerprint density at radius 3 is 2.59 bits per heavy atom. The summed E-state index contributed by atoms with van der Waals surface area (Å²) in [6, 6.07) is 13.5. The molecule has 16 heteroatoms. The molecule has 7 rings (SSSR count). The number of fused-ring (bicyclic) bond motifs is 2. The van der Waals surface area contributed by atoms with Crippen LogP contribution in [0.15, 0.2) is 73.1 Å². The van der Waals surface area contributed by atoms with Gasteiger partial charge in [-0.1, -0.05) is 38.1 Å². The predicted molar refractivity (Wildman–Crippen MR) is 218 cm³/mol. The van der Waals surface area contributed by atoms with E-state index < -0.39 is 43.4 Å². The molecule has 0 aliphatic carbocycles. The van der Waals surface area contributed by atoms with Gasteiger partial charge in [-0.25, -0.2) is 9.48 Å². The molecule has 0 radical (unpaired) electrons. The third-order valence-electron chi connectivity index (χ3n) is 11.1. The van der Waals surface area contributed by atoms with E-state index in [2.05, 4.69) is 22.3 Å². The van der Waals surface area contributed by atoms with Gasteiger partial charge in [-0.05, 0) is 92.3 Å². The van der Waals surface area contributed by atoms with Crippen molar-refractivity contribution in [1.29, 1.82) is 0 Å². The Labute approximate surface area is 341 Å². The van der Waals surface area contributed by atoms with E-state index in [-0.39, 0.29) is 47.6 Å². The monoisotopic (exact) mass is 833 g/mol. The maximum atomic E-state index is 16.5. The van der Waals surface area contributed by atoms with Gasteiger partial charge in [-0.2, -0.15) is 0 Å². The van der Waals surface area contributed by atoms with Crippen LogP contribution in [0, 0.1) is 5.92 Å². The average molecular weight is 834 g/mol. The lowest BCUT2D eigenvalue weighted by atomic mass is 9.91. The number of nitrogens with zero attached hydrogens (tertiary/aromatic N) is 3. The predicted octanol–water partition coefficient (Wildman–Crippen LogP) is 6.99. The van der Waals surface area contributed by atoms with Crippen molar-refractivity contribution in [2.45, 2.75) is 88.9 Å². The van der Waals surface area contributed by atoms with Crippen molar-refractivity contribution in [3.63, 3.8) is 0 Å². The fourth-order valence-electron chi connectivity index (χ4n) is 8.18. The molecule has 308 valence electrons. The fraction of sp³-hybridized carbons (Fsp3) is 0.452. The molecule has 2 aromatic heterocycles. The highest BCUT2D eigenvalue weighted by molar-refractivity contribution is 7.57. The van der Waals surface area contributed by atoms with Gasteiger partial charge in [0.15, 0.2) is 0 Å². The first-order valence-corrected chi connectivity index (χ1v) is 22.3. The first-order valence-electron chi connectivity index (χ1n) is 19.7. The van der Waals surface area contributed by atoms with Crippen LogP contribution >= 0.6 is 18.9 Å². The van der Waals surface area contributed by atoms with Crippen LogP contribution < -0.4 is 19.7 Å². The lowest BCUT2D eigenvalue weighted by molar-refractivity contribution is -0.148. The molecule has 7 atom stereocenters. The third kappa shape index (κ3) is 8.62. The number of thiophene rings is 1. The number of esters is 1. The molecule has 3 amide bonds. The van der Waals surface area contributed by atoms with E-state index in [1.54, 1.807) is 77.8 Å². The van der Waals surface area contributed by atoms with Crippen molar-refractivity contribution in [2.24, 2.45) is 5.92 Å². The van der Waals surface area contributed by atoms with Crippen molar-refractivity contribution in [3.05, 3.63) is 89.1 Å². The zero-order valence-electron chi connectivity index (χ0n) is 33.0. The minimum absolute atomic E-state index is 0.0230. The van der Waals surface area contributed by atoms with Crippen LogP contribution in [-0.4, -0.2) is 89.4 Å². The van der Waals surface area contributed by atoms with Crippen LogP contribution in [0.25, 0.3) is 10.1 Å². The molecule has 0 unspecified atom stereocenters. The van der Waals surface area contributed by atoms with Gasteiger partial charge in [0.05, 0.1) is 18.6 Å². The largest absolute Gasteiger partial charge is 0.496 e. The van der Waals surface area contributed by atoms with Crippen LogP contribution in [0.1, 0.15) is 85.5 Å². The Morgan fingerprint density at radius 1 is 1.07 bits per heavy atom. The quantitative estimate of drug-likeness (QED) is 0.100. The van der Waals surface area contributed by atoms with E-state index in [9.17, 15) is 23.7 Å². The summed E-state index contributed by atoms with van der Waals surface area (Å²) in [5.74, 6) is -2.58. The van der Waals surface area contributed by atoms with Gasteiger partial charge >= 0.3 is 13.5 Å². The summed E-state index contributed by atoms with van der Waals surface area (Å²) in [5, 5.41) is 6.08. The number of benzene rings is 2. The molecule has 4 aromatic rings. The summed E-state index contributed by atoms with van der Waals surface area (Å²) >= 11 is 1.18. The second-order valence-electron chi connectivity index (χ2n) is 15.4. The molecular weight excluding hydrogens is 785 g/mol. The van der Waals surface area contributed by atoms with E-state index in [1.165, 1.54) is 30.4 Å². The number of nitrogens with one attached hydrogen (secondary N) is 2. The topological polar surface area (TPSA) is 156 Å². The van der Waals surface area contributed by atoms with Gasteiger partial charge in [0, 0.05) is 47.7 Å². The van der Waals surface area contributed by atoms with Crippen molar-refractivity contribution in [1.82, 2.24) is 25.2 Å². The Morgan fingerprint density at radius 2 is 1.84 bits per heavy atom. The van der Waals surface area contributed by atoms with E-state index >= 15 is 4.39 Å². The SMILES string of the molecule is CCCOC(=O)[C@H](C)N[P@](=O)(Oc1ccccc1)[C@@H](F)c1ccc2sc(C(=O)N[C@H]3C[C@H](C)C[C@H]4CC[C@@H](C(=O)N5CC(c6cnccc6OC)C5)N4C3=O)cc2c1. The second kappa shape index (κ2) is 17.6. The lowest BCUT2D eigenvalue weighted by Gasteiger charge is -2.42. The smallest absolute Gasteiger partial charge is 0.355 e. The van der Waals surface area contributed by atoms with Crippen LogP contribution in [0.5, 0.6) is 11.5 Å². The number of rotatable bonds is 14. The Balaban J connectivity index is 1.05. The van der Waals surface area contributed by atoms with Gasteiger partial charge in [0.25, 0.3) is 5.91 Å². The number of alkyl halides is 1. The third-order valence-corrected chi connectivity index (χ3v) is 14.4. The van der Waals surface area contributed by atoms with Crippen molar-refractivity contribution < 1.29 is 42.1 Å². The fourth-order valence-corrected chi connectivity index (χ4v) is 11.0. The molecule has 3 saturated heterocycles. The maximum Gasteiger partial charge on any atom is 0.355 e. The highest BCUT2D eigenvalue weighted by Crippen LogP contribution is 2.58. The van der Waals surface area contributed by atoms with E-state index in [0.29, 0.717) is 47.3 Å². The summed E-state index contributed by atoms with van der Waals surface area (Å²) in [6.07, 6.45) is 6.47. The summed E-state index contributed by atoms with van der Waals surface area (Å²) in [4.78, 5) is 62.6. The van der Waals surface area contributed by atoms with Crippen LogP contribution in [0.4, 0.5) is 4.39 Å². The summed E-state index contributed by atoms with van der Waals surface area (Å²) < 4.78 is 47.9. The first-order chi connectivity index (χ1) is 27.9. The van der Waals surface area contributed by atoms with Crippen LogP contribution in [0.3, 0.4) is 0 Å². The number of para-hydroxylation sites is 1. The summed E-state index contributed by atoms with van der Waals surface area (Å²) in [7, 11) is -2.83. The van der Waals surface area contributed by atoms with Crippen molar-refractivity contribution in [3.8, 4) is 11.5 Å². The van der Waals surface area contributed by atoms with Gasteiger partial charge in [-0.3, -0.25) is 28.7 Å². The molecule has 5 heterocycles. The molecule has 13 nitrogen and oxygen atoms in total. The van der Waals surface area contributed by atoms with E-state index in [4.69, 9.17) is 14.0 Å². The minimum atomic E-state index is -4.44. The van der Waals surface area contributed by atoms with Crippen molar-refractivity contribution >= 4 is 52.6 Å². The van der Waals surface area contributed by atoms with Gasteiger partial charge in [-0.15, -0.1) is 11.3 Å². The second-order valence-corrected chi connectivity index (χ2v) is 18.6. The van der Waals surface area contributed by atoms with Crippen LogP contribution in [0.2, 0.25) is 0 Å². The number of hydrogen-bond acceptors (Lipinski definition) is 10. The normalized spacial score (nSPS) is 22.9. The molecule has 0 saturated carbocycles. The molecule has 0 spiro atoms. The highest BCUT2D eigenvalue weighted by atomic mass is 32.1. The molecule has 58 heavy (non-hydrogen) atoms. The number of amides is 3. The molecule has 3 fully saturated rings. The van der Waals surface area contributed by atoms with E-state index in [0.717, 1.165) is 24.2 Å². The van der Waals surface area contributed by atoms with Crippen molar-refractivity contribution in [2.75, 3.05) is 26.8 Å². The number of aromatic nitrogens is 1. The van der Waals surface area contributed by atoms with Gasteiger partial charge < -0.3 is 29.1 Å². The minimum Gasteiger partial charge on any atom is -0.496 e. The number of carbonyl (C=O) groups excluding carboxylic acids is 4. The van der Waals surface area contributed by atoms with Gasteiger partial charge in [0.2, 0.25) is 17.7 Å². The molecule has 0 bridgehead atoms. The number of likely N-dealkylation sites (tertiary alicyclic amines) is 1. The number of pyridine rings is 1. The molecule has 2 N–H and O–H groups in total. The summed E-state index contributed by atoms with van der Waals surface area (Å²) in [6.45, 7) is 6.52. The summed E-state index contributed by atoms with van der Waals surface area (Å²) in [5.41, 5.74) is 0.975. The molecule has 2 aromatic carbocycles. The highest BCUT2D eigenvalue weighted by Gasteiger charge is 2.49. The van der Waals surface area contributed by atoms with Gasteiger partial charge in [0.1, 0.15) is 29.6 Å². The number of carbonyl (C=O) groups is 4. The number of ether oxygens (including phenoxy) is 2. The first kappa shape index (κ1) is 41.3. The number of methoxy groups -OCH3 is 1. The molecule has 3 aliphatic rings. The molecule has 3 aliphatic heterocycles. The zero-order chi connectivity index (χ0) is 41.1. The van der Waals surface area contributed by atoms with E-state index in [1.807, 2.05) is 6.92 Å². The Bertz CT molecular complexity index is 2200. The standard InChI is InChI=1S/C42H49FN5O8PS/c1-5-17-55-42(52)26(3)46-57(53,56-31-9-7-6-8-10-31)38(43)27-11-14-36-28(20-27)21-37(58-36)39(49)45-33-19-25(2)18-30-12-13-34(48(30)40(33)50)41(51)47-23-29(24-47)32-22-44-16-15-35(32)54-4/h6-11,14-16,20-22,25-26,29-30,33-34,38H,5,12-13,17-19,23-24H2,1-4H3,(H,45,49)(H,46,53)/t25-,26+,30-,33+,34+,38-,57-/m1/s1. The lowest BCUT2D eigenvalue weighted by Crippen LogP contribution is -2.58. The number of hydrogen-bond donors (Lipinski definition) is 2. The Kier molecular flexibility index (Phi) is 12.5. The number of halogens is 1. The van der Waals surface area contributed by atoms with Crippen LogP contribution in [-0.2, 0) is 23.7 Å². The Hall–Kier alpha value is -4.85. The zero-order valence-corrected chi connectivity index (χ0v) is 34.7.